The van der Waals surface area contributed by atoms with E-state index in [1.54, 1.807) is 29.2 Å². The van der Waals surface area contributed by atoms with Crippen LogP contribution in [0.5, 0.6) is 0 Å². The van der Waals surface area contributed by atoms with Gasteiger partial charge in [-0.1, -0.05) is 84.4 Å². The number of benzene rings is 3. The van der Waals surface area contributed by atoms with Gasteiger partial charge in [0.05, 0.1) is 0 Å². The molecule has 1 aliphatic heterocycles. The predicted molar refractivity (Wildman–Crippen MR) is 100 cm³/mol. The Morgan fingerprint density at radius 1 is 0.885 bits per heavy atom. The summed E-state index contributed by atoms with van der Waals surface area (Å²) < 4.78 is 16.0. The van der Waals surface area contributed by atoms with Crippen LogP contribution in [0.15, 0.2) is 84.9 Å². The van der Waals surface area contributed by atoms with E-state index in [4.69, 9.17) is 11.6 Å². The van der Waals surface area contributed by atoms with E-state index in [9.17, 15) is 4.79 Å². The van der Waals surface area contributed by atoms with E-state index in [0.29, 0.717) is 17.1 Å². The molecule has 0 spiro atoms. The molecule has 4 rings (SSSR count). The number of amides is 1. The second-order valence-corrected chi connectivity index (χ2v) is 6.89. The van der Waals surface area contributed by atoms with Crippen molar-refractivity contribution in [2.24, 2.45) is 0 Å². The van der Waals surface area contributed by atoms with Crippen molar-refractivity contribution in [3.05, 3.63) is 107 Å². The van der Waals surface area contributed by atoms with Crippen LogP contribution in [0.3, 0.4) is 0 Å². The number of hydrogen-bond donors (Lipinski definition) is 0. The molecule has 1 heterocycles. The van der Waals surface area contributed by atoms with Crippen LogP contribution in [0.4, 0.5) is 4.39 Å². The Balaban J connectivity index is 1.74. The molecule has 0 unspecified atom stereocenters. The zero-order chi connectivity index (χ0) is 18.1. The standard InChI is InChI=1S/C22H17ClFNO/c23-19-13-11-18(12-14-19)22(24)20(17-9-5-2-6-10-17)25(21(22)26)15-16-7-3-1-4-8-16/h1-14,20H,15H2/t20-,22+/m1/s1. The van der Waals surface area contributed by atoms with E-state index in [0.717, 1.165) is 11.1 Å². The van der Waals surface area contributed by atoms with Gasteiger partial charge in [0.25, 0.3) is 5.91 Å². The molecule has 3 aromatic rings. The number of rotatable bonds is 4. The van der Waals surface area contributed by atoms with Gasteiger partial charge < -0.3 is 4.90 Å². The van der Waals surface area contributed by atoms with Gasteiger partial charge in [-0.2, -0.15) is 0 Å². The van der Waals surface area contributed by atoms with Gasteiger partial charge in [-0.25, -0.2) is 4.39 Å². The van der Waals surface area contributed by atoms with E-state index < -0.39 is 17.6 Å². The van der Waals surface area contributed by atoms with Crippen LogP contribution in [-0.2, 0) is 17.0 Å². The minimum Gasteiger partial charge on any atom is -0.324 e. The first kappa shape index (κ1) is 16.8. The average Bonchev–Trinajstić information content (AvgIpc) is 2.69. The second kappa shape index (κ2) is 6.58. The van der Waals surface area contributed by atoms with Crippen molar-refractivity contribution < 1.29 is 9.18 Å². The molecule has 1 fully saturated rings. The molecule has 0 N–H and O–H groups in total. The summed E-state index contributed by atoms with van der Waals surface area (Å²) in [5.74, 6) is -0.516. The van der Waals surface area contributed by atoms with E-state index >= 15 is 4.39 Å². The fourth-order valence-electron chi connectivity index (χ4n) is 3.55. The van der Waals surface area contributed by atoms with Crippen LogP contribution in [0.1, 0.15) is 22.7 Å². The van der Waals surface area contributed by atoms with Crippen molar-refractivity contribution in [2.75, 3.05) is 0 Å². The third-order valence-electron chi connectivity index (χ3n) is 4.84. The Morgan fingerprint density at radius 3 is 2.08 bits per heavy atom. The highest BCUT2D eigenvalue weighted by atomic mass is 35.5. The number of hydrogen-bond acceptors (Lipinski definition) is 1. The van der Waals surface area contributed by atoms with Gasteiger partial charge in [-0.3, -0.25) is 4.79 Å². The molecule has 1 amide bonds. The van der Waals surface area contributed by atoms with Crippen molar-refractivity contribution >= 4 is 17.5 Å². The monoisotopic (exact) mass is 365 g/mol. The first-order chi connectivity index (χ1) is 12.6. The van der Waals surface area contributed by atoms with Gasteiger partial charge in [0.1, 0.15) is 6.04 Å². The highest BCUT2D eigenvalue weighted by molar-refractivity contribution is 6.30. The highest BCUT2D eigenvalue weighted by Crippen LogP contribution is 2.53. The van der Waals surface area contributed by atoms with Gasteiger partial charge in [0.2, 0.25) is 5.67 Å². The molecule has 3 aromatic carbocycles. The van der Waals surface area contributed by atoms with Crippen molar-refractivity contribution in [1.82, 2.24) is 4.90 Å². The normalized spacial score (nSPS) is 22.2. The van der Waals surface area contributed by atoms with Crippen molar-refractivity contribution in [3.8, 4) is 0 Å². The second-order valence-electron chi connectivity index (χ2n) is 6.45. The maximum atomic E-state index is 16.0. The Bertz CT molecular complexity index is 914. The molecule has 26 heavy (non-hydrogen) atoms. The molecule has 4 heteroatoms. The lowest BCUT2D eigenvalue weighted by atomic mass is 9.74. The molecular weight excluding hydrogens is 349 g/mol. The third kappa shape index (κ3) is 2.69. The Labute approximate surface area is 156 Å². The zero-order valence-electron chi connectivity index (χ0n) is 14.0. The number of carbonyl (C=O) groups excluding carboxylic acids is 1. The van der Waals surface area contributed by atoms with Gasteiger partial charge >= 0.3 is 0 Å². The first-order valence-corrected chi connectivity index (χ1v) is 8.83. The number of nitrogens with zero attached hydrogens (tertiary/aromatic N) is 1. The lowest BCUT2D eigenvalue weighted by Gasteiger charge is -2.51. The summed E-state index contributed by atoms with van der Waals surface area (Å²) in [6.45, 7) is 0.374. The summed E-state index contributed by atoms with van der Waals surface area (Å²) >= 11 is 5.93. The summed E-state index contributed by atoms with van der Waals surface area (Å²) in [4.78, 5) is 14.5. The maximum Gasteiger partial charge on any atom is 0.268 e. The van der Waals surface area contributed by atoms with Crippen LogP contribution < -0.4 is 0 Å². The molecule has 1 aliphatic rings. The van der Waals surface area contributed by atoms with Crippen molar-refractivity contribution in [2.45, 2.75) is 18.3 Å². The number of β-lactam (4-membered cyclic amide) rings is 1. The maximum absolute atomic E-state index is 16.0. The van der Waals surface area contributed by atoms with Crippen LogP contribution in [0, 0.1) is 0 Å². The topological polar surface area (TPSA) is 20.3 Å². The summed E-state index contributed by atoms with van der Waals surface area (Å²) in [6, 6.07) is 24.7. The van der Waals surface area contributed by atoms with Gasteiger partial charge in [-0.05, 0) is 23.3 Å². The lowest BCUT2D eigenvalue weighted by Crippen LogP contribution is -2.63. The van der Waals surface area contributed by atoms with Crippen molar-refractivity contribution in [3.63, 3.8) is 0 Å². The smallest absolute Gasteiger partial charge is 0.268 e. The summed E-state index contributed by atoms with van der Waals surface area (Å²) in [6.07, 6.45) is 0. The van der Waals surface area contributed by atoms with Crippen LogP contribution in [0.2, 0.25) is 5.02 Å². The van der Waals surface area contributed by atoms with Gasteiger partial charge in [0, 0.05) is 17.1 Å². The Kier molecular flexibility index (Phi) is 4.25. The summed E-state index contributed by atoms with van der Waals surface area (Å²) in [5.41, 5.74) is 0.00579. The first-order valence-electron chi connectivity index (χ1n) is 8.45. The number of likely N-dealkylation sites (tertiary alicyclic amines) is 1. The molecule has 0 aromatic heterocycles. The largest absolute Gasteiger partial charge is 0.324 e. The summed E-state index contributed by atoms with van der Waals surface area (Å²) in [7, 11) is 0. The number of carbonyl (C=O) groups is 1. The average molecular weight is 366 g/mol. The molecule has 0 saturated carbocycles. The predicted octanol–water partition coefficient (Wildman–Crippen LogP) is 5.29. The van der Waals surface area contributed by atoms with Crippen LogP contribution in [-0.4, -0.2) is 10.8 Å². The Hall–Kier alpha value is -2.65. The van der Waals surface area contributed by atoms with Gasteiger partial charge in [0.15, 0.2) is 0 Å². The minimum absolute atomic E-state index is 0.338. The van der Waals surface area contributed by atoms with Crippen LogP contribution in [0.25, 0.3) is 0 Å². The lowest BCUT2D eigenvalue weighted by molar-refractivity contribution is -0.181. The third-order valence-corrected chi connectivity index (χ3v) is 5.09. The number of alkyl halides is 1. The molecule has 0 bridgehead atoms. The molecule has 1 saturated heterocycles. The fourth-order valence-corrected chi connectivity index (χ4v) is 3.68. The summed E-state index contributed by atoms with van der Waals surface area (Å²) in [5, 5.41) is 0.515. The molecule has 130 valence electrons. The van der Waals surface area contributed by atoms with E-state index in [1.807, 2.05) is 60.7 Å². The molecule has 0 radical (unpaired) electrons. The fraction of sp³-hybridized carbons (Fsp3) is 0.136. The minimum atomic E-state index is -2.08. The quantitative estimate of drug-likeness (QED) is 0.575. The van der Waals surface area contributed by atoms with Gasteiger partial charge in [-0.15, -0.1) is 0 Å². The Morgan fingerprint density at radius 2 is 1.46 bits per heavy atom. The molecule has 2 atom stereocenters. The van der Waals surface area contributed by atoms with E-state index in [2.05, 4.69) is 0 Å². The number of halogens is 2. The van der Waals surface area contributed by atoms with Crippen LogP contribution >= 0.6 is 11.6 Å². The highest BCUT2D eigenvalue weighted by Gasteiger charge is 2.63. The molecule has 2 nitrogen and oxygen atoms in total. The van der Waals surface area contributed by atoms with Crippen molar-refractivity contribution in [1.29, 1.82) is 0 Å². The van der Waals surface area contributed by atoms with E-state index in [-0.39, 0.29) is 0 Å². The molecular formula is C22H17ClFNO. The van der Waals surface area contributed by atoms with E-state index in [1.165, 1.54) is 0 Å². The SMILES string of the molecule is O=C1N(Cc2ccccc2)[C@H](c2ccccc2)[C@@]1(F)c1ccc(Cl)cc1. The molecule has 0 aliphatic carbocycles. The zero-order valence-corrected chi connectivity index (χ0v) is 14.7.